The van der Waals surface area contributed by atoms with E-state index < -0.39 is 60.4 Å². The van der Waals surface area contributed by atoms with Gasteiger partial charge in [-0.3, -0.25) is 19.2 Å². The Morgan fingerprint density at radius 3 is 1.96 bits per heavy atom. The van der Waals surface area contributed by atoms with Crippen LogP contribution in [0.2, 0.25) is 0 Å². The molecule has 0 spiro atoms. The number of fused-ring (bicyclic) bond motifs is 16. The molecule has 0 saturated carbocycles. The van der Waals surface area contributed by atoms with Crippen LogP contribution in [0.25, 0.3) is 11.1 Å². The second-order valence-corrected chi connectivity index (χ2v) is 13.7. The third-order valence-electron chi connectivity index (χ3n) is 8.80. The first-order valence-corrected chi connectivity index (χ1v) is 18.0. The highest BCUT2D eigenvalue weighted by Crippen LogP contribution is 2.21. The van der Waals surface area contributed by atoms with Gasteiger partial charge in [-0.1, -0.05) is 103 Å². The van der Waals surface area contributed by atoms with Crippen LogP contribution in [-0.4, -0.2) is 59.4 Å². The first-order valence-electron chi connectivity index (χ1n) is 17.1. The molecule has 0 radical (unpaired) electrons. The molecule has 11 nitrogen and oxygen atoms in total. The fourth-order valence-electron chi connectivity index (χ4n) is 6.01. The Morgan fingerprint density at radius 2 is 1.30 bits per heavy atom. The lowest BCUT2D eigenvalue weighted by Crippen LogP contribution is -2.57. The molecule has 0 saturated heterocycles. The average Bonchev–Trinajstić information content (AvgIpc) is 3.69. The van der Waals surface area contributed by atoms with Crippen LogP contribution in [0.5, 0.6) is 5.75 Å². The largest absolute Gasteiger partial charge is 0.484 e. The van der Waals surface area contributed by atoms with Gasteiger partial charge in [0.05, 0.1) is 0 Å². The molecule has 7 rings (SSSR count). The number of carbonyl (C=O) groups excluding carboxylic acids is 4. The summed E-state index contributed by atoms with van der Waals surface area (Å²) in [7, 11) is 0. The fourth-order valence-corrected chi connectivity index (χ4v) is 6.76. The number of carbonyl (C=O) groups is 5. The number of amides is 4. The molecule has 3 heterocycles. The molecular weight excluding hydrogens is 693 g/mol. The molecule has 4 amide bonds. The zero-order valence-corrected chi connectivity index (χ0v) is 29.4. The van der Waals surface area contributed by atoms with Crippen molar-refractivity contribution in [3.8, 4) is 16.9 Å². The lowest BCUT2D eigenvalue weighted by molar-refractivity contribution is -0.142. The summed E-state index contributed by atoms with van der Waals surface area (Å²) in [6, 6.07) is 31.1. The first kappa shape index (κ1) is 36.5. The molecule has 2 bridgehead atoms. The van der Waals surface area contributed by atoms with E-state index in [1.165, 1.54) is 11.3 Å². The predicted octanol–water partition coefficient (Wildman–Crippen LogP) is 4.23. The van der Waals surface area contributed by atoms with Crippen LogP contribution < -0.4 is 26.0 Å². The van der Waals surface area contributed by atoms with Crippen LogP contribution in [0.4, 0.5) is 0 Å². The third-order valence-corrected chi connectivity index (χ3v) is 9.70. The van der Waals surface area contributed by atoms with Crippen molar-refractivity contribution in [2.75, 3.05) is 6.61 Å². The number of carboxylic acids is 1. The lowest BCUT2D eigenvalue weighted by Gasteiger charge is -2.26. The van der Waals surface area contributed by atoms with Gasteiger partial charge in [0.25, 0.3) is 5.91 Å². The molecule has 4 atom stereocenters. The van der Waals surface area contributed by atoms with Gasteiger partial charge in [0.2, 0.25) is 17.7 Å². The van der Waals surface area contributed by atoms with Crippen LogP contribution >= 0.6 is 11.3 Å². The van der Waals surface area contributed by atoms with Gasteiger partial charge in [0, 0.05) is 24.1 Å². The van der Waals surface area contributed by atoms with Crippen LogP contribution in [0.3, 0.4) is 0 Å². The number of carboxylic acid groups (broad SMARTS) is 1. The van der Waals surface area contributed by atoms with Crippen LogP contribution in [0.1, 0.15) is 27.6 Å². The van der Waals surface area contributed by atoms with Crippen LogP contribution in [-0.2, 0) is 43.2 Å². The smallest absolute Gasteiger partial charge is 0.326 e. The van der Waals surface area contributed by atoms with E-state index in [1.54, 1.807) is 54.6 Å². The molecule has 5 N–H and O–H groups in total. The highest BCUT2D eigenvalue weighted by molar-refractivity contribution is 7.09. The Morgan fingerprint density at radius 1 is 0.660 bits per heavy atom. The molecule has 0 fully saturated rings. The van der Waals surface area contributed by atoms with E-state index in [0.717, 1.165) is 21.6 Å². The predicted molar refractivity (Wildman–Crippen MR) is 200 cm³/mol. The number of thiophene rings is 1. The van der Waals surface area contributed by atoms with Gasteiger partial charge in [-0.2, -0.15) is 0 Å². The normalized spacial score (nSPS) is 20.0. The van der Waals surface area contributed by atoms with Crippen molar-refractivity contribution in [3.63, 3.8) is 0 Å². The van der Waals surface area contributed by atoms with Gasteiger partial charge in [0.15, 0.2) is 6.61 Å². The quantitative estimate of drug-likeness (QED) is 0.157. The molecule has 0 aliphatic carbocycles. The van der Waals surface area contributed by atoms with Gasteiger partial charge in [-0.25, -0.2) is 4.79 Å². The van der Waals surface area contributed by atoms with E-state index in [0.29, 0.717) is 16.9 Å². The van der Waals surface area contributed by atoms with Crippen LogP contribution in [0.15, 0.2) is 127 Å². The lowest BCUT2D eigenvalue weighted by atomic mass is 9.99. The van der Waals surface area contributed by atoms with E-state index >= 15 is 0 Å². The number of hydrogen-bond donors (Lipinski definition) is 5. The Balaban J connectivity index is 1.35. The summed E-state index contributed by atoms with van der Waals surface area (Å²) >= 11 is 1.43. The van der Waals surface area contributed by atoms with E-state index in [1.807, 2.05) is 72.1 Å². The number of aliphatic carboxylic acids is 1. The number of hydrogen-bond acceptors (Lipinski definition) is 7. The maximum absolute atomic E-state index is 14.3. The minimum atomic E-state index is -1.33. The van der Waals surface area contributed by atoms with Crippen molar-refractivity contribution in [2.45, 2.75) is 43.4 Å². The molecular formula is C41H38N4O7S. The van der Waals surface area contributed by atoms with Crippen molar-refractivity contribution < 1.29 is 33.8 Å². The summed E-state index contributed by atoms with van der Waals surface area (Å²) in [5.41, 5.74) is 3.72. The number of nitrogens with one attached hydrogen (secondary N) is 4. The number of rotatable bonds is 7. The maximum Gasteiger partial charge on any atom is 0.326 e. The van der Waals surface area contributed by atoms with E-state index in [9.17, 15) is 29.1 Å². The highest BCUT2D eigenvalue weighted by atomic mass is 32.1. The zero-order chi connectivity index (χ0) is 37.2. The summed E-state index contributed by atoms with van der Waals surface area (Å²) in [5.74, 6) is -3.49. The maximum atomic E-state index is 14.3. The minimum Gasteiger partial charge on any atom is -0.484 e. The van der Waals surface area contributed by atoms with Crippen molar-refractivity contribution in [1.29, 1.82) is 0 Å². The van der Waals surface area contributed by atoms with Crippen molar-refractivity contribution in [3.05, 3.63) is 148 Å². The van der Waals surface area contributed by atoms with Gasteiger partial charge in [-0.15, -0.1) is 11.3 Å². The Labute approximate surface area is 310 Å². The summed E-state index contributed by atoms with van der Waals surface area (Å²) in [4.78, 5) is 68.6. The molecule has 1 aromatic heterocycles. The van der Waals surface area contributed by atoms with Crippen molar-refractivity contribution >= 4 is 40.9 Å². The second kappa shape index (κ2) is 17.3. The average molecular weight is 731 g/mol. The highest BCUT2D eigenvalue weighted by Gasteiger charge is 2.33. The molecule has 2 aliphatic heterocycles. The number of benzene rings is 4. The van der Waals surface area contributed by atoms with E-state index in [2.05, 4.69) is 21.3 Å². The molecule has 12 heteroatoms. The van der Waals surface area contributed by atoms with Crippen molar-refractivity contribution in [1.82, 2.24) is 21.3 Å². The van der Waals surface area contributed by atoms with Gasteiger partial charge < -0.3 is 31.1 Å². The SMILES string of the molecule is O=C1COc2ccc(cc2)C[C@@H](C(=O)O)NC(=O)[C@H](c2ccccc2)NC(=O)[C@@H](Cc2ccc(-c3ccccc3)cc2)NC(=O)[C@H](Cc2cccs2)N1. The van der Waals surface area contributed by atoms with Gasteiger partial charge in [-0.05, 0) is 51.4 Å². The van der Waals surface area contributed by atoms with E-state index in [-0.39, 0.29) is 19.3 Å². The fraction of sp³-hybridized carbons (Fsp3) is 0.195. The third kappa shape index (κ3) is 9.95. The topological polar surface area (TPSA) is 163 Å². The van der Waals surface area contributed by atoms with Crippen molar-refractivity contribution in [2.24, 2.45) is 0 Å². The molecule has 270 valence electrons. The standard InChI is InChI=1S/C41H38N4O7S/c46-36-25-52-31-19-15-27(16-20-31)23-35(41(50)51)44-40(49)37(30-10-5-2-6-11-30)45-39(48)33(43-38(47)34(42-36)24-32-12-7-21-53-32)22-26-13-17-29(18-14-26)28-8-3-1-4-9-28/h1-21,33-35,37H,22-25H2,(H,42,46)(H,43,47)(H,44,49)(H,45,48)(H,50,51)/t33-,34+,35+,37+/m1/s1. The second-order valence-electron chi connectivity index (χ2n) is 12.6. The van der Waals surface area contributed by atoms with Gasteiger partial charge >= 0.3 is 5.97 Å². The first-order chi connectivity index (χ1) is 25.7. The monoisotopic (exact) mass is 730 g/mol. The minimum absolute atomic E-state index is 0.0459. The molecule has 4 aromatic carbocycles. The van der Waals surface area contributed by atoms with Gasteiger partial charge in [0.1, 0.15) is 29.9 Å². The molecule has 2 aliphatic rings. The van der Waals surface area contributed by atoms with Crippen LogP contribution in [0, 0.1) is 0 Å². The summed E-state index contributed by atoms with van der Waals surface area (Å²) in [6.45, 7) is -0.391. The van der Waals surface area contributed by atoms with E-state index in [4.69, 9.17) is 4.74 Å². The number of ether oxygens (including phenoxy) is 1. The molecule has 0 unspecified atom stereocenters. The molecule has 53 heavy (non-hydrogen) atoms. The Hall–Kier alpha value is -6.27. The Kier molecular flexibility index (Phi) is 11.9. The molecule has 5 aromatic rings. The zero-order valence-electron chi connectivity index (χ0n) is 28.6. The summed E-state index contributed by atoms with van der Waals surface area (Å²) < 4.78 is 5.68. The Bertz CT molecular complexity index is 2020. The summed E-state index contributed by atoms with van der Waals surface area (Å²) in [5, 5.41) is 22.9. The summed E-state index contributed by atoms with van der Waals surface area (Å²) in [6.07, 6.45) is 0.152.